The fourth-order valence-electron chi connectivity index (χ4n) is 1.84. The van der Waals surface area contributed by atoms with Gasteiger partial charge in [0.2, 0.25) is 0 Å². The molecule has 4 nitrogen and oxygen atoms in total. The molecule has 0 radical (unpaired) electrons. The normalized spacial score (nSPS) is 11.9. The summed E-state index contributed by atoms with van der Waals surface area (Å²) < 4.78 is 0. The van der Waals surface area contributed by atoms with E-state index in [1.165, 1.54) is 22.3 Å². The number of benzene rings is 1. The largest absolute Gasteiger partial charge is 0.350 e. The number of hydrogen-bond donors (Lipinski definition) is 2. The van der Waals surface area contributed by atoms with Crippen molar-refractivity contribution in [2.75, 3.05) is 0 Å². The molecule has 1 aromatic carbocycles. The second kappa shape index (κ2) is 6.00. The van der Waals surface area contributed by atoms with E-state index in [0.29, 0.717) is 5.71 Å². The lowest BCUT2D eigenvalue weighted by atomic mass is 9.99. The van der Waals surface area contributed by atoms with Gasteiger partial charge in [0.15, 0.2) is 0 Å². The minimum Gasteiger partial charge on any atom is -0.350 e. The number of carbonyl (C=O) groups is 1. The third-order valence-corrected chi connectivity index (χ3v) is 2.57. The van der Waals surface area contributed by atoms with Crippen LogP contribution in [0, 0.1) is 20.8 Å². The Hall–Kier alpha value is -2.10. The molecule has 2 amide bonds. The van der Waals surface area contributed by atoms with Crippen molar-refractivity contribution in [3.05, 3.63) is 40.5 Å². The number of hydrazone groups is 1. The summed E-state index contributed by atoms with van der Waals surface area (Å²) in [6.07, 6.45) is 3.84. The molecule has 0 saturated heterocycles. The van der Waals surface area contributed by atoms with Crippen LogP contribution < -0.4 is 11.2 Å². The summed E-state index contributed by atoms with van der Waals surface area (Å²) in [5, 5.41) is 3.82. The van der Waals surface area contributed by atoms with Crippen LogP contribution in [0.15, 0.2) is 23.3 Å². The molecular formula is C14H19N3O. The molecule has 0 aromatic heterocycles. The number of aryl methyl sites for hydroxylation is 3. The van der Waals surface area contributed by atoms with Gasteiger partial charge in [-0.1, -0.05) is 23.8 Å². The summed E-state index contributed by atoms with van der Waals surface area (Å²) in [6, 6.07) is 3.62. The summed E-state index contributed by atoms with van der Waals surface area (Å²) >= 11 is 0. The Kier molecular flexibility index (Phi) is 4.66. The van der Waals surface area contributed by atoms with E-state index >= 15 is 0 Å². The Labute approximate surface area is 108 Å². The second-order valence-electron chi connectivity index (χ2n) is 4.37. The van der Waals surface area contributed by atoms with E-state index in [2.05, 4.69) is 43.4 Å². The highest BCUT2D eigenvalue weighted by molar-refractivity contribution is 5.97. The monoisotopic (exact) mass is 245 g/mol. The maximum atomic E-state index is 10.5. The quantitative estimate of drug-likeness (QED) is 0.624. The van der Waals surface area contributed by atoms with Gasteiger partial charge in [-0.15, -0.1) is 0 Å². The standard InChI is InChI=1S/C14H19N3O/c1-9-7-10(2)13(11(3)8-9)6-5-12(4)16-17-14(15)18/h5-8H,1-4H3,(H3,15,17,18)/b6-5+,16-12-. The highest BCUT2D eigenvalue weighted by atomic mass is 16.2. The van der Waals surface area contributed by atoms with Crippen LogP contribution in [-0.4, -0.2) is 11.7 Å². The summed E-state index contributed by atoms with van der Waals surface area (Å²) in [7, 11) is 0. The molecule has 0 fully saturated rings. The Balaban J connectivity index is 2.91. The highest BCUT2D eigenvalue weighted by Gasteiger charge is 2.00. The first-order valence-electron chi connectivity index (χ1n) is 5.76. The van der Waals surface area contributed by atoms with Gasteiger partial charge in [0.1, 0.15) is 0 Å². The first-order valence-corrected chi connectivity index (χ1v) is 5.76. The number of nitrogens with two attached hydrogens (primary N) is 1. The Morgan fingerprint density at radius 3 is 2.33 bits per heavy atom. The Morgan fingerprint density at radius 1 is 1.28 bits per heavy atom. The van der Waals surface area contributed by atoms with Crippen LogP contribution in [0.3, 0.4) is 0 Å². The summed E-state index contributed by atoms with van der Waals surface area (Å²) in [5.74, 6) is 0. The minimum absolute atomic E-state index is 0.662. The van der Waals surface area contributed by atoms with Crippen LogP contribution in [0.5, 0.6) is 0 Å². The number of primary amides is 1. The third-order valence-electron chi connectivity index (χ3n) is 2.57. The number of urea groups is 1. The van der Waals surface area contributed by atoms with Crippen molar-refractivity contribution in [1.29, 1.82) is 0 Å². The number of nitrogens with zero attached hydrogens (tertiary/aromatic N) is 1. The van der Waals surface area contributed by atoms with E-state index in [0.717, 1.165) is 0 Å². The molecule has 0 atom stereocenters. The van der Waals surface area contributed by atoms with E-state index in [1.807, 2.05) is 12.2 Å². The van der Waals surface area contributed by atoms with Gasteiger partial charge in [-0.2, -0.15) is 5.10 Å². The molecule has 0 saturated carbocycles. The van der Waals surface area contributed by atoms with Crippen molar-refractivity contribution in [2.45, 2.75) is 27.7 Å². The van der Waals surface area contributed by atoms with Crippen molar-refractivity contribution in [2.24, 2.45) is 10.8 Å². The topological polar surface area (TPSA) is 67.5 Å². The number of nitrogens with one attached hydrogen (secondary N) is 1. The molecule has 0 spiro atoms. The average molecular weight is 245 g/mol. The fraction of sp³-hybridized carbons (Fsp3) is 0.286. The van der Waals surface area contributed by atoms with Gasteiger partial charge in [0, 0.05) is 0 Å². The van der Waals surface area contributed by atoms with Crippen LogP contribution in [-0.2, 0) is 0 Å². The number of amides is 2. The molecule has 1 aromatic rings. The number of allylic oxidation sites excluding steroid dienone is 1. The first-order chi connectivity index (χ1) is 8.40. The van der Waals surface area contributed by atoms with Crippen molar-refractivity contribution < 1.29 is 4.79 Å². The zero-order valence-corrected chi connectivity index (χ0v) is 11.2. The van der Waals surface area contributed by atoms with Crippen molar-refractivity contribution >= 4 is 17.8 Å². The minimum atomic E-state index is -0.662. The molecule has 0 unspecified atom stereocenters. The number of hydrogen-bond acceptors (Lipinski definition) is 2. The molecular weight excluding hydrogens is 226 g/mol. The average Bonchev–Trinajstić information content (AvgIpc) is 2.24. The van der Waals surface area contributed by atoms with Crippen LogP contribution in [0.2, 0.25) is 0 Å². The third kappa shape index (κ3) is 4.05. The van der Waals surface area contributed by atoms with Gasteiger partial charge >= 0.3 is 6.03 Å². The van der Waals surface area contributed by atoms with Gasteiger partial charge in [0.05, 0.1) is 5.71 Å². The Bertz CT molecular complexity index is 493. The molecule has 0 bridgehead atoms. The van der Waals surface area contributed by atoms with Crippen LogP contribution in [0.1, 0.15) is 29.2 Å². The zero-order chi connectivity index (χ0) is 13.7. The Morgan fingerprint density at radius 2 is 1.83 bits per heavy atom. The first kappa shape index (κ1) is 14.0. The molecule has 0 aliphatic carbocycles. The summed E-state index contributed by atoms with van der Waals surface area (Å²) in [5.41, 5.74) is 12.7. The molecule has 3 N–H and O–H groups in total. The lowest BCUT2D eigenvalue weighted by Gasteiger charge is -2.06. The van der Waals surface area contributed by atoms with E-state index in [1.54, 1.807) is 6.92 Å². The van der Waals surface area contributed by atoms with E-state index in [9.17, 15) is 4.79 Å². The van der Waals surface area contributed by atoms with Crippen LogP contribution in [0.25, 0.3) is 6.08 Å². The maximum absolute atomic E-state index is 10.5. The summed E-state index contributed by atoms with van der Waals surface area (Å²) in [6.45, 7) is 8.03. The van der Waals surface area contributed by atoms with Crippen molar-refractivity contribution in [3.63, 3.8) is 0 Å². The molecule has 0 aliphatic heterocycles. The second-order valence-corrected chi connectivity index (χ2v) is 4.37. The van der Waals surface area contributed by atoms with Gasteiger partial charge < -0.3 is 5.73 Å². The van der Waals surface area contributed by atoms with Gasteiger partial charge in [-0.3, -0.25) is 0 Å². The van der Waals surface area contributed by atoms with E-state index in [4.69, 9.17) is 5.73 Å². The molecule has 0 heterocycles. The number of rotatable bonds is 3. The van der Waals surface area contributed by atoms with Gasteiger partial charge in [0.25, 0.3) is 0 Å². The molecule has 96 valence electrons. The lowest BCUT2D eigenvalue weighted by Crippen LogP contribution is -2.25. The summed E-state index contributed by atoms with van der Waals surface area (Å²) in [4.78, 5) is 10.5. The lowest BCUT2D eigenvalue weighted by molar-refractivity contribution is 0.249. The number of carbonyl (C=O) groups excluding carboxylic acids is 1. The van der Waals surface area contributed by atoms with Gasteiger partial charge in [-0.05, 0) is 50.5 Å². The van der Waals surface area contributed by atoms with Crippen LogP contribution >= 0.6 is 0 Å². The molecule has 1 rings (SSSR count). The maximum Gasteiger partial charge on any atom is 0.332 e. The zero-order valence-electron chi connectivity index (χ0n) is 11.2. The van der Waals surface area contributed by atoms with E-state index in [-0.39, 0.29) is 0 Å². The van der Waals surface area contributed by atoms with Crippen molar-refractivity contribution in [1.82, 2.24) is 5.43 Å². The van der Waals surface area contributed by atoms with Crippen LogP contribution in [0.4, 0.5) is 4.79 Å². The molecule has 18 heavy (non-hydrogen) atoms. The predicted octanol–water partition coefficient (Wildman–Crippen LogP) is 2.67. The SMILES string of the molecule is CC(/C=C/c1c(C)cc(C)cc1C)=N/NC(N)=O. The van der Waals surface area contributed by atoms with E-state index < -0.39 is 6.03 Å². The fourth-order valence-corrected chi connectivity index (χ4v) is 1.84. The van der Waals surface area contributed by atoms with Crippen molar-refractivity contribution in [3.8, 4) is 0 Å². The molecule has 0 aliphatic rings. The van der Waals surface area contributed by atoms with Gasteiger partial charge in [-0.25, -0.2) is 10.2 Å². The smallest absolute Gasteiger partial charge is 0.332 e. The predicted molar refractivity (Wildman–Crippen MR) is 75.5 cm³/mol. The molecule has 4 heteroatoms. The highest BCUT2D eigenvalue weighted by Crippen LogP contribution is 2.17.